The molecule has 4 aromatic rings. The van der Waals surface area contributed by atoms with Crippen LogP contribution < -0.4 is 20.1 Å². The first-order chi connectivity index (χ1) is 16.8. The molecule has 1 fully saturated rings. The molecule has 0 spiro atoms. The van der Waals surface area contributed by atoms with E-state index in [9.17, 15) is 18.0 Å². The Morgan fingerprint density at radius 2 is 1.97 bits per heavy atom. The minimum atomic E-state index is -4.92. The van der Waals surface area contributed by atoms with Crippen molar-refractivity contribution >= 4 is 28.4 Å². The van der Waals surface area contributed by atoms with Crippen molar-refractivity contribution in [2.45, 2.75) is 31.7 Å². The zero-order valence-corrected chi connectivity index (χ0v) is 18.6. The van der Waals surface area contributed by atoms with Gasteiger partial charge in [-0.3, -0.25) is 4.79 Å². The third-order valence-corrected chi connectivity index (χ3v) is 5.67. The lowest BCUT2D eigenvalue weighted by molar-refractivity contribution is -0.274. The van der Waals surface area contributed by atoms with Crippen LogP contribution in [-0.2, 0) is 4.79 Å². The summed E-state index contributed by atoms with van der Waals surface area (Å²) in [4.78, 5) is 21.6. The Labute approximate surface area is 197 Å². The Hall–Kier alpha value is -4.09. The van der Waals surface area contributed by atoms with Crippen molar-refractivity contribution in [2.24, 2.45) is 0 Å². The predicted octanol–water partition coefficient (Wildman–Crippen LogP) is 3.93. The molecule has 1 saturated heterocycles. The molecule has 0 unspecified atom stereocenters. The fourth-order valence-corrected chi connectivity index (χ4v) is 4.02. The van der Waals surface area contributed by atoms with E-state index in [1.165, 1.54) is 23.8 Å². The van der Waals surface area contributed by atoms with Crippen LogP contribution >= 0.6 is 0 Å². The average Bonchev–Trinajstić information content (AvgIpc) is 3.17. The Kier molecular flexibility index (Phi) is 5.79. The number of methoxy groups -OCH3 is 1. The Bertz CT molecular complexity index is 1400. The van der Waals surface area contributed by atoms with Crippen LogP contribution in [0.15, 0.2) is 42.5 Å². The van der Waals surface area contributed by atoms with Crippen molar-refractivity contribution in [3.8, 4) is 22.9 Å². The van der Waals surface area contributed by atoms with Crippen LogP contribution in [-0.4, -0.2) is 51.5 Å². The first-order valence-corrected chi connectivity index (χ1v) is 11.0. The number of carbonyl (C=O) groups excluding carboxylic acids is 1. The minimum absolute atomic E-state index is 0.00146. The molecule has 0 saturated carbocycles. The number of benzene rings is 2. The van der Waals surface area contributed by atoms with Crippen molar-refractivity contribution in [1.29, 1.82) is 0 Å². The smallest absolute Gasteiger partial charge is 0.497 e. The number of anilines is 1. The maximum absolute atomic E-state index is 13.1. The summed E-state index contributed by atoms with van der Waals surface area (Å²) in [5, 5.41) is 11.1. The highest BCUT2D eigenvalue weighted by molar-refractivity contribution is 5.93. The number of fused-ring (bicyclic) bond motifs is 3. The summed E-state index contributed by atoms with van der Waals surface area (Å²) in [7, 11) is 1.34. The van der Waals surface area contributed by atoms with E-state index in [-0.39, 0.29) is 29.0 Å². The normalized spacial score (nSPS) is 16.7. The average molecular weight is 486 g/mol. The topological polar surface area (TPSA) is 103 Å². The monoisotopic (exact) mass is 486 g/mol. The lowest BCUT2D eigenvalue weighted by Gasteiger charge is -2.16. The van der Waals surface area contributed by atoms with Gasteiger partial charge in [-0.25, -0.2) is 9.97 Å². The van der Waals surface area contributed by atoms with Gasteiger partial charge in [0.1, 0.15) is 17.5 Å². The van der Waals surface area contributed by atoms with Gasteiger partial charge in [0.05, 0.1) is 18.2 Å². The highest BCUT2D eigenvalue weighted by Crippen LogP contribution is 2.36. The molecule has 5 rings (SSSR count). The van der Waals surface area contributed by atoms with E-state index in [1.54, 1.807) is 18.2 Å². The maximum Gasteiger partial charge on any atom is 0.573 e. The largest absolute Gasteiger partial charge is 0.573 e. The lowest BCUT2D eigenvalue weighted by Crippen LogP contribution is -2.38. The SMILES string of the molecule is COc1ccc(-c2nc3c4ccccc4nc(N[C@H]4CCCCNC4=O)n3n2)c(OC(F)(F)F)c1. The number of alkyl halides is 3. The molecule has 9 nitrogen and oxygen atoms in total. The fourth-order valence-electron chi connectivity index (χ4n) is 4.02. The molecule has 1 amide bonds. The van der Waals surface area contributed by atoms with Gasteiger partial charge in [-0.05, 0) is 43.5 Å². The van der Waals surface area contributed by atoms with Crippen molar-refractivity contribution in [2.75, 3.05) is 19.0 Å². The van der Waals surface area contributed by atoms with Crippen molar-refractivity contribution < 1.29 is 27.4 Å². The molecule has 2 N–H and O–H groups in total. The summed E-state index contributed by atoms with van der Waals surface area (Å²) >= 11 is 0. The maximum atomic E-state index is 13.1. The molecule has 0 radical (unpaired) electrons. The molecule has 1 atom stereocenters. The summed E-state index contributed by atoms with van der Waals surface area (Å²) in [6, 6.07) is 10.7. The Balaban J connectivity index is 1.66. The summed E-state index contributed by atoms with van der Waals surface area (Å²) in [6.07, 6.45) is -2.60. The van der Waals surface area contributed by atoms with Crippen LogP contribution in [0.2, 0.25) is 0 Å². The number of aromatic nitrogens is 4. The number of rotatable bonds is 5. The van der Waals surface area contributed by atoms with Gasteiger partial charge in [0.25, 0.3) is 0 Å². The molecule has 182 valence electrons. The Morgan fingerprint density at radius 3 is 2.77 bits per heavy atom. The van der Waals surface area contributed by atoms with Gasteiger partial charge in [-0.1, -0.05) is 12.1 Å². The summed E-state index contributed by atoms with van der Waals surface area (Å²) < 4.78 is 50.0. The van der Waals surface area contributed by atoms with E-state index < -0.39 is 18.2 Å². The Morgan fingerprint density at radius 1 is 1.14 bits per heavy atom. The molecule has 2 aromatic carbocycles. The second kappa shape index (κ2) is 8.93. The molecule has 0 aliphatic carbocycles. The minimum Gasteiger partial charge on any atom is -0.497 e. The van der Waals surface area contributed by atoms with Gasteiger partial charge >= 0.3 is 6.36 Å². The molecule has 3 heterocycles. The van der Waals surface area contributed by atoms with Gasteiger partial charge in [-0.15, -0.1) is 18.3 Å². The zero-order valence-electron chi connectivity index (χ0n) is 18.6. The molecule has 2 aromatic heterocycles. The van der Waals surface area contributed by atoms with Crippen LogP contribution in [0.5, 0.6) is 11.5 Å². The number of ether oxygens (including phenoxy) is 2. The standard InChI is InChI=1S/C23H21F3N6O3/c1-34-13-9-10-15(18(12-13)35-23(24,25)26)19-30-20-14-6-2-3-7-16(14)28-22(32(20)31-19)29-17-8-4-5-11-27-21(17)33/h2-3,6-7,9-10,12,17H,4-5,8,11H2,1H3,(H,27,33)(H,28,29)/t17-/m0/s1. The molecule has 35 heavy (non-hydrogen) atoms. The third kappa shape index (κ3) is 4.63. The predicted molar refractivity (Wildman–Crippen MR) is 121 cm³/mol. The summed E-state index contributed by atoms with van der Waals surface area (Å²) in [5.74, 6) is -0.208. The lowest BCUT2D eigenvalue weighted by atomic mass is 10.1. The van der Waals surface area contributed by atoms with E-state index in [2.05, 4.69) is 30.4 Å². The van der Waals surface area contributed by atoms with Gasteiger partial charge < -0.3 is 20.1 Å². The molecular formula is C23H21F3N6O3. The number of nitrogens with zero attached hydrogens (tertiary/aromatic N) is 4. The van der Waals surface area contributed by atoms with Crippen LogP contribution in [0.1, 0.15) is 19.3 Å². The molecule has 1 aliphatic heterocycles. The second-order valence-electron chi connectivity index (χ2n) is 8.02. The first-order valence-electron chi connectivity index (χ1n) is 11.0. The fraction of sp³-hybridized carbons (Fsp3) is 0.304. The van der Waals surface area contributed by atoms with E-state index in [0.717, 1.165) is 18.9 Å². The quantitative estimate of drug-likeness (QED) is 0.441. The van der Waals surface area contributed by atoms with Crippen molar-refractivity contribution in [1.82, 2.24) is 24.9 Å². The highest BCUT2D eigenvalue weighted by Gasteiger charge is 2.33. The molecule has 0 bridgehead atoms. The van der Waals surface area contributed by atoms with Gasteiger partial charge in [0.15, 0.2) is 11.5 Å². The highest BCUT2D eigenvalue weighted by atomic mass is 19.4. The van der Waals surface area contributed by atoms with E-state index in [4.69, 9.17) is 4.74 Å². The molecular weight excluding hydrogens is 465 g/mol. The molecule has 1 aliphatic rings. The van der Waals surface area contributed by atoms with Crippen LogP contribution in [0.3, 0.4) is 0 Å². The van der Waals surface area contributed by atoms with Gasteiger partial charge in [-0.2, -0.15) is 4.52 Å². The third-order valence-electron chi connectivity index (χ3n) is 5.67. The van der Waals surface area contributed by atoms with Crippen molar-refractivity contribution in [3.05, 3.63) is 42.5 Å². The van der Waals surface area contributed by atoms with E-state index >= 15 is 0 Å². The van der Waals surface area contributed by atoms with Gasteiger partial charge in [0, 0.05) is 18.0 Å². The van der Waals surface area contributed by atoms with Gasteiger partial charge in [0.2, 0.25) is 11.9 Å². The molecule has 12 heteroatoms. The van der Waals surface area contributed by atoms with Crippen LogP contribution in [0.25, 0.3) is 27.9 Å². The van der Waals surface area contributed by atoms with E-state index in [1.807, 2.05) is 6.07 Å². The number of nitrogens with one attached hydrogen (secondary N) is 2. The number of amides is 1. The number of para-hydroxylation sites is 1. The van der Waals surface area contributed by atoms with Crippen LogP contribution in [0, 0.1) is 0 Å². The number of carbonyl (C=O) groups is 1. The summed E-state index contributed by atoms with van der Waals surface area (Å²) in [5.41, 5.74) is 0.988. The number of hydrogen-bond acceptors (Lipinski definition) is 7. The van der Waals surface area contributed by atoms with E-state index in [0.29, 0.717) is 29.5 Å². The number of halogens is 3. The van der Waals surface area contributed by atoms with Crippen molar-refractivity contribution in [3.63, 3.8) is 0 Å². The van der Waals surface area contributed by atoms with Crippen LogP contribution in [0.4, 0.5) is 19.1 Å². The number of hydrogen-bond donors (Lipinski definition) is 2. The summed E-state index contributed by atoms with van der Waals surface area (Å²) in [6.45, 7) is 0.602. The zero-order chi connectivity index (χ0) is 24.6. The second-order valence-corrected chi connectivity index (χ2v) is 8.02. The first kappa shape index (κ1) is 22.7.